The number of piperidine rings is 1. The van der Waals surface area contributed by atoms with Crippen molar-refractivity contribution >= 4 is 11.8 Å². The fourth-order valence-electron chi connectivity index (χ4n) is 4.07. The molecule has 1 aliphatic carbocycles. The van der Waals surface area contributed by atoms with Gasteiger partial charge in [0.15, 0.2) is 0 Å². The third kappa shape index (κ3) is 3.81. The van der Waals surface area contributed by atoms with E-state index in [1.807, 2.05) is 6.07 Å². The zero-order chi connectivity index (χ0) is 16.2. The third-order valence-electron chi connectivity index (χ3n) is 5.38. The summed E-state index contributed by atoms with van der Waals surface area (Å²) in [6.45, 7) is 3.05. The quantitative estimate of drug-likeness (QED) is 0.802. The number of esters is 1. The summed E-state index contributed by atoms with van der Waals surface area (Å²) in [6, 6.07) is 10.5. The summed E-state index contributed by atoms with van der Waals surface area (Å²) < 4.78 is 4.80. The van der Waals surface area contributed by atoms with Crippen molar-refractivity contribution < 1.29 is 14.3 Å². The lowest BCUT2D eigenvalue weighted by Gasteiger charge is -2.34. The van der Waals surface area contributed by atoms with E-state index < -0.39 is 0 Å². The number of rotatable bonds is 4. The maximum Gasteiger partial charge on any atom is 0.309 e. The van der Waals surface area contributed by atoms with Gasteiger partial charge < -0.3 is 4.74 Å². The summed E-state index contributed by atoms with van der Waals surface area (Å²) in [6.07, 6.45) is 3.17. The Hall–Kier alpha value is -1.68. The fourth-order valence-corrected chi connectivity index (χ4v) is 4.07. The molecule has 0 spiro atoms. The predicted molar refractivity (Wildman–Crippen MR) is 87.7 cm³/mol. The van der Waals surface area contributed by atoms with Crippen LogP contribution in [0.1, 0.15) is 31.2 Å². The van der Waals surface area contributed by atoms with Gasteiger partial charge in [-0.2, -0.15) is 0 Å². The van der Waals surface area contributed by atoms with Crippen molar-refractivity contribution in [3.8, 4) is 0 Å². The molecule has 1 aromatic carbocycles. The molecule has 0 amide bonds. The average Bonchev–Trinajstić information content (AvgIpc) is 2.98. The molecule has 4 nitrogen and oxygen atoms in total. The largest absolute Gasteiger partial charge is 0.469 e. The number of likely N-dealkylation sites (tertiary alicyclic amines) is 1. The number of hydrogen-bond acceptors (Lipinski definition) is 4. The molecule has 2 aliphatic rings. The van der Waals surface area contributed by atoms with Gasteiger partial charge in [0, 0.05) is 18.9 Å². The van der Waals surface area contributed by atoms with Gasteiger partial charge in [-0.1, -0.05) is 30.3 Å². The molecule has 0 bridgehead atoms. The zero-order valence-corrected chi connectivity index (χ0v) is 13.7. The second-order valence-corrected chi connectivity index (χ2v) is 6.83. The molecule has 1 heterocycles. The maximum atomic E-state index is 12.3. The molecule has 1 aliphatic heterocycles. The van der Waals surface area contributed by atoms with Crippen LogP contribution in [0.25, 0.3) is 0 Å². The molecule has 4 heteroatoms. The standard InChI is InChI=1S/C19H25NO3/c1-23-19(22)16-11-17(18(21)12-16)15-7-9-20(10-8-15)13-14-5-3-2-4-6-14/h2-6,15-17H,7-13H2,1H3/t16-,17+/m1/s1. The average molecular weight is 315 g/mol. The minimum Gasteiger partial charge on any atom is -0.469 e. The Balaban J connectivity index is 1.51. The Morgan fingerprint density at radius 3 is 2.57 bits per heavy atom. The van der Waals surface area contributed by atoms with Gasteiger partial charge >= 0.3 is 5.97 Å². The van der Waals surface area contributed by atoms with Crippen molar-refractivity contribution in [2.24, 2.45) is 17.8 Å². The molecular weight excluding hydrogens is 290 g/mol. The van der Waals surface area contributed by atoms with Crippen LogP contribution in [-0.4, -0.2) is 36.9 Å². The highest BCUT2D eigenvalue weighted by Crippen LogP contribution is 2.38. The van der Waals surface area contributed by atoms with Crippen LogP contribution in [0, 0.1) is 17.8 Å². The minimum atomic E-state index is -0.220. The molecule has 124 valence electrons. The summed E-state index contributed by atoms with van der Waals surface area (Å²) >= 11 is 0. The Kier molecular flexibility index (Phi) is 5.11. The van der Waals surface area contributed by atoms with E-state index in [2.05, 4.69) is 29.2 Å². The molecule has 0 radical (unpaired) electrons. The van der Waals surface area contributed by atoms with Gasteiger partial charge in [-0.15, -0.1) is 0 Å². The fraction of sp³-hybridized carbons (Fsp3) is 0.579. The number of ketones is 1. The van der Waals surface area contributed by atoms with Crippen LogP contribution in [0.4, 0.5) is 0 Å². The summed E-state index contributed by atoms with van der Waals surface area (Å²) in [7, 11) is 1.40. The molecule has 0 N–H and O–H groups in total. The second kappa shape index (κ2) is 7.26. The lowest BCUT2D eigenvalue weighted by molar-refractivity contribution is -0.145. The molecule has 3 rings (SSSR count). The van der Waals surface area contributed by atoms with Crippen molar-refractivity contribution in [2.45, 2.75) is 32.2 Å². The van der Waals surface area contributed by atoms with Crippen LogP contribution in [-0.2, 0) is 20.9 Å². The number of carbonyl (C=O) groups is 2. The molecule has 1 aromatic rings. The highest BCUT2D eigenvalue weighted by molar-refractivity contribution is 5.89. The van der Waals surface area contributed by atoms with E-state index >= 15 is 0 Å². The monoisotopic (exact) mass is 315 g/mol. The Labute approximate surface area is 137 Å². The van der Waals surface area contributed by atoms with Gasteiger partial charge in [-0.05, 0) is 43.8 Å². The Morgan fingerprint density at radius 2 is 1.91 bits per heavy atom. The van der Waals surface area contributed by atoms with Crippen LogP contribution in [0.5, 0.6) is 0 Å². The second-order valence-electron chi connectivity index (χ2n) is 6.83. The smallest absolute Gasteiger partial charge is 0.309 e. The van der Waals surface area contributed by atoms with Crippen LogP contribution in [0.2, 0.25) is 0 Å². The molecule has 0 unspecified atom stereocenters. The SMILES string of the molecule is COC(=O)[C@H]1CC(=O)[C@H](C2CCN(Cc3ccccc3)CC2)C1. The van der Waals surface area contributed by atoms with Gasteiger partial charge in [-0.3, -0.25) is 14.5 Å². The van der Waals surface area contributed by atoms with E-state index in [1.165, 1.54) is 12.7 Å². The molecule has 2 fully saturated rings. The lowest BCUT2D eigenvalue weighted by Crippen LogP contribution is -2.36. The van der Waals surface area contributed by atoms with Crippen molar-refractivity contribution in [1.29, 1.82) is 0 Å². The molecule has 23 heavy (non-hydrogen) atoms. The molecule has 0 aromatic heterocycles. The van der Waals surface area contributed by atoms with Crippen molar-refractivity contribution in [1.82, 2.24) is 4.90 Å². The number of ether oxygens (including phenoxy) is 1. The van der Waals surface area contributed by atoms with Gasteiger partial charge in [0.25, 0.3) is 0 Å². The number of methoxy groups -OCH3 is 1. The van der Waals surface area contributed by atoms with Gasteiger partial charge in [0.1, 0.15) is 5.78 Å². The number of carbonyl (C=O) groups excluding carboxylic acids is 2. The summed E-state index contributed by atoms with van der Waals surface area (Å²) in [5.74, 6) is 0.339. The van der Waals surface area contributed by atoms with E-state index in [-0.39, 0.29) is 23.6 Å². The molecule has 2 atom stereocenters. The van der Waals surface area contributed by atoms with Crippen molar-refractivity contribution in [3.05, 3.63) is 35.9 Å². The summed E-state index contributed by atoms with van der Waals surface area (Å²) in [5.41, 5.74) is 1.34. The number of benzene rings is 1. The molecular formula is C19H25NO3. The topological polar surface area (TPSA) is 46.6 Å². The van der Waals surface area contributed by atoms with E-state index in [0.717, 1.165) is 32.5 Å². The number of hydrogen-bond donors (Lipinski definition) is 0. The molecule has 1 saturated carbocycles. The normalized spacial score (nSPS) is 26.4. The number of nitrogens with zero attached hydrogens (tertiary/aromatic N) is 1. The Bertz CT molecular complexity index is 549. The summed E-state index contributed by atoms with van der Waals surface area (Å²) in [4.78, 5) is 26.4. The first kappa shape index (κ1) is 16.2. The van der Waals surface area contributed by atoms with Gasteiger partial charge in [0.2, 0.25) is 0 Å². The maximum absolute atomic E-state index is 12.3. The first-order chi connectivity index (χ1) is 11.2. The minimum absolute atomic E-state index is 0.0676. The zero-order valence-electron chi connectivity index (χ0n) is 13.7. The first-order valence-corrected chi connectivity index (χ1v) is 8.54. The van der Waals surface area contributed by atoms with Gasteiger partial charge in [0.05, 0.1) is 13.0 Å². The van der Waals surface area contributed by atoms with E-state index in [0.29, 0.717) is 18.8 Å². The predicted octanol–water partition coefficient (Wildman–Crippen LogP) is 2.67. The number of Topliss-reactive ketones (excluding diaryl/α,β-unsaturated/α-hetero) is 1. The molecule has 1 saturated heterocycles. The highest BCUT2D eigenvalue weighted by atomic mass is 16.5. The van der Waals surface area contributed by atoms with Gasteiger partial charge in [-0.25, -0.2) is 0 Å². The lowest BCUT2D eigenvalue weighted by atomic mass is 9.82. The summed E-state index contributed by atoms with van der Waals surface area (Å²) in [5, 5.41) is 0. The van der Waals surface area contributed by atoms with Crippen LogP contribution in [0.3, 0.4) is 0 Å². The van der Waals surface area contributed by atoms with Crippen molar-refractivity contribution in [2.75, 3.05) is 20.2 Å². The van der Waals surface area contributed by atoms with E-state index in [4.69, 9.17) is 4.74 Å². The van der Waals surface area contributed by atoms with Crippen LogP contribution >= 0.6 is 0 Å². The first-order valence-electron chi connectivity index (χ1n) is 8.54. The van der Waals surface area contributed by atoms with Crippen LogP contribution in [0.15, 0.2) is 30.3 Å². The van der Waals surface area contributed by atoms with E-state index in [9.17, 15) is 9.59 Å². The highest BCUT2D eigenvalue weighted by Gasteiger charge is 2.41. The van der Waals surface area contributed by atoms with Crippen LogP contribution < -0.4 is 0 Å². The Morgan fingerprint density at radius 1 is 1.22 bits per heavy atom. The van der Waals surface area contributed by atoms with Crippen molar-refractivity contribution in [3.63, 3.8) is 0 Å². The van der Waals surface area contributed by atoms with E-state index in [1.54, 1.807) is 0 Å². The third-order valence-corrected chi connectivity index (χ3v) is 5.38.